The Morgan fingerprint density at radius 2 is 2.00 bits per heavy atom. The van der Waals surface area contributed by atoms with E-state index in [0.717, 1.165) is 0 Å². The molecule has 0 aliphatic carbocycles. The maximum absolute atomic E-state index is 11.6. The number of ether oxygens (including phenoxy) is 1. The van der Waals surface area contributed by atoms with Crippen LogP contribution in [0.25, 0.3) is 0 Å². The van der Waals surface area contributed by atoms with E-state index in [1.165, 1.54) is 0 Å². The van der Waals surface area contributed by atoms with Gasteiger partial charge in [-0.3, -0.25) is 4.79 Å². The fourth-order valence-corrected chi connectivity index (χ4v) is 1.10. The molecule has 2 amide bonds. The number of rotatable bonds is 5. The van der Waals surface area contributed by atoms with Crippen LogP contribution in [0, 0.1) is 0 Å². The maximum atomic E-state index is 11.6. The topological polar surface area (TPSA) is 67.4 Å². The lowest BCUT2D eigenvalue weighted by Crippen LogP contribution is -2.47. The molecule has 0 heterocycles. The molecule has 0 radical (unpaired) electrons. The van der Waals surface area contributed by atoms with E-state index < -0.39 is 17.7 Å². The highest BCUT2D eigenvalue weighted by molar-refractivity contribution is 5.85. The van der Waals surface area contributed by atoms with Gasteiger partial charge in [0.15, 0.2) is 0 Å². The van der Waals surface area contributed by atoms with E-state index in [4.69, 9.17) is 4.74 Å². The van der Waals surface area contributed by atoms with Crippen molar-refractivity contribution in [3.05, 3.63) is 12.7 Å². The van der Waals surface area contributed by atoms with Crippen LogP contribution in [0.4, 0.5) is 4.79 Å². The van der Waals surface area contributed by atoms with Crippen LogP contribution in [-0.2, 0) is 9.53 Å². The third kappa shape index (κ3) is 7.38. The molecule has 0 rings (SSSR count). The van der Waals surface area contributed by atoms with Crippen molar-refractivity contribution >= 4 is 12.0 Å². The van der Waals surface area contributed by atoms with Crippen LogP contribution in [-0.4, -0.2) is 30.2 Å². The Hall–Kier alpha value is -1.52. The molecule has 0 saturated heterocycles. The van der Waals surface area contributed by atoms with Crippen molar-refractivity contribution in [1.29, 1.82) is 0 Å². The van der Waals surface area contributed by atoms with E-state index >= 15 is 0 Å². The fraction of sp³-hybridized carbons (Fsp3) is 0.667. The Morgan fingerprint density at radius 1 is 1.41 bits per heavy atom. The average Bonchev–Trinajstić information content (AvgIpc) is 2.19. The van der Waals surface area contributed by atoms with Crippen molar-refractivity contribution in [2.75, 3.05) is 6.54 Å². The summed E-state index contributed by atoms with van der Waals surface area (Å²) in [6.07, 6.45) is 1.50. The van der Waals surface area contributed by atoms with Crippen LogP contribution >= 0.6 is 0 Å². The van der Waals surface area contributed by atoms with Crippen LogP contribution < -0.4 is 10.6 Å². The van der Waals surface area contributed by atoms with E-state index in [9.17, 15) is 9.59 Å². The third-order valence-corrected chi connectivity index (χ3v) is 1.84. The quantitative estimate of drug-likeness (QED) is 0.719. The van der Waals surface area contributed by atoms with Crippen molar-refractivity contribution in [2.24, 2.45) is 0 Å². The Kier molecular flexibility index (Phi) is 6.31. The van der Waals surface area contributed by atoms with Crippen molar-refractivity contribution in [3.8, 4) is 0 Å². The van der Waals surface area contributed by atoms with Crippen molar-refractivity contribution < 1.29 is 14.3 Å². The lowest BCUT2D eigenvalue weighted by molar-refractivity contribution is -0.123. The predicted molar refractivity (Wildman–Crippen MR) is 66.7 cm³/mol. The highest BCUT2D eigenvalue weighted by Gasteiger charge is 2.22. The minimum absolute atomic E-state index is 0.238. The van der Waals surface area contributed by atoms with Crippen LogP contribution in [0.2, 0.25) is 0 Å². The Morgan fingerprint density at radius 3 is 2.41 bits per heavy atom. The summed E-state index contributed by atoms with van der Waals surface area (Å²) < 4.78 is 5.07. The van der Waals surface area contributed by atoms with Gasteiger partial charge in [-0.15, -0.1) is 6.58 Å². The smallest absolute Gasteiger partial charge is 0.408 e. The average molecular weight is 242 g/mol. The molecule has 0 fully saturated rings. The van der Waals surface area contributed by atoms with Gasteiger partial charge in [0.25, 0.3) is 0 Å². The number of carbonyl (C=O) groups excluding carboxylic acids is 2. The number of hydrogen-bond donors (Lipinski definition) is 2. The van der Waals surface area contributed by atoms with E-state index in [1.54, 1.807) is 26.8 Å². The summed E-state index contributed by atoms with van der Waals surface area (Å²) in [4.78, 5) is 23.1. The molecular formula is C12H22N2O3. The van der Waals surface area contributed by atoms with Gasteiger partial charge in [-0.25, -0.2) is 4.79 Å². The van der Waals surface area contributed by atoms with Gasteiger partial charge in [-0.05, 0) is 27.2 Å². The first kappa shape index (κ1) is 15.5. The first-order valence-electron chi connectivity index (χ1n) is 5.68. The van der Waals surface area contributed by atoms with Gasteiger partial charge in [0, 0.05) is 6.54 Å². The molecule has 17 heavy (non-hydrogen) atoms. The molecule has 2 N–H and O–H groups in total. The van der Waals surface area contributed by atoms with Gasteiger partial charge in [-0.1, -0.05) is 13.0 Å². The van der Waals surface area contributed by atoms with E-state index in [-0.39, 0.29) is 5.91 Å². The predicted octanol–water partition coefficient (Wildman–Crippen LogP) is 1.59. The number of alkyl carbamates (subject to hydrolysis) is 1. The van der Waals surface area contributed by atoms with Crippen molar-refractivity contribution in [3.63, 3.8) is 0 Å². The van der Waals surface area contributed by atoms with Crippen LogP contribution in [0.5, 0.6) is 0 Å². The van der Waals surface area contributed by atoms with Gasteiger partial charge in [-0.2, -0.15) is 0 Å². The first-order valence-corrected chi connectivity index (χ1v) is 5.68. The molecule has 98 valence electrons. The largest absolute Gasteiger partial charge is 0.444 e. The zero-order chi connectivity index (χ0) is 13.5. The number of hydrogen-bond acceptors (Lipinski definition) is 3. The molecule has 0 aromatic rings. The lowest BCUT2D eigenvalue weighted by atomic mass is 10.2. The number of amides is 2. The normalized spacial score (nSPS) is 12.5. The molecule has 0 saturated carbocycles. The van der Waals surface area contributed by atoms with Gasteiger partial charge in [0.2, 0.25) is 5.91 Å². The van der Waals surface area contributed by atoms with Gasteiger partial charge < -0.3 is 15.4 Å². The van der Waals surface area contributed by atoms with E-state index in [0.29, 0.717) is 13.0 Å². The van der Waals surface area contributed by atoms with Gasteiger partial charge in [0.1, 0.15) is 11.6 Å². The highest BCUT2D eigenvalue weighted by atomic mass is 16.6. The second kappa shape index (κ2) is 6.93. The minimum atomic E-state index is -0.585. The first-order chi connectivity index (χ1) is 7.80. The highest BCUT2D eigenvalue weighted by Crippen LogP contribution is 2.07. The van der Waals surface area contributed by atoms with Crippen LogP contribution in [0.3, 0.4) is 0 Å². The standard InChI is InChI=1S/C12H22N2O3/c1-6-8-13-10(15)9(7-2)14-11(16)17-12(3,4)5/h6,9H,1,7-8H2,2-5H3,(H,13,15)(H,14,16)/t9-/m0/s1. The Labute approximate surface area is 103 Å². The second-order valence-electron chi connectivity index (χ2n) is 4.64. The summed E-state index contributed by atoms with van der Waals surface area (Å²) in [6, 6.07) is -0.579. The van der Waals surface area contributed by atoms with Crippen LogP contribution in [0.15, 0.2) is 12.7 Å². The van der Waals surface area contributed by atoms with Crippen LogP contribution in [0.1, 0.15) is 34.1 Å². The van der Waals surface area contributed by atoms with Crippen molar-refractivity contribution in [2.45, 2.75) is 45.8 Å². The monoisotopic (exact) mass is 242 g/mol. The summed E-state index contributed by atoms with van der Waals surface area (Å²) in [6.45, 7) is 11.0. The zero-order valence-electron chi connectivity index (χ0n) is 11.0. The molecule has 5 heteroatoms. The molecule has 1 atom stereocenters. The summed E-state index contributed by atoms with van der Waals surface area (Å²) in [5, 5.41) is 5.15. The van der Waals surface area contributed by atoms with E-state index in [1.807, 2.05) is 6.92 Å². The summed E-state index contributed by atoms with van der Waals surface area (Å²) in [5.74, 6) is -0.238. The molecule has 0 unspecified atom stereocenters. The fourth-order valence-electron chi connectivity index (χ4n) is 1.10. The lowest BCUT2D eigenvalue weighted by Gasteiger charge is -2.22. The van der Waals surface area contributed by atoms with Crippen molar-refractivity contribution in [1.82, 2.24) is 10.6 Å². The molecular weight excluding hydrogens is 220 g/mol. The summed E-state index contributed by atoms with van der Waals surface area (Å²) >= 11 is 0. The third-order valence-electron chi connectivity index (χ3n) is 1.84. The molecule has 5 nitrogen and oxygen atoms in total. The number of carbonyl (C=O) groups is 2. The molecule has 0 aliphatic rings. The Balaban J connectivity index is 4.25. The zero-order valence-corrected chi connectivity index (χ0v) is 11.0. The van der Waals surface area contributed by atoms with E-state index in [2.05, 4.69) is 17.2 Å². The Bertz CT molecular complexity index is 282. The minimum Gasteiger partial charge on any atom is -0.444 e. The van der Waals surface area contributed by atoms with Gasteiger partial charge in [0.05, 0.1) is 0 Å². The second-order valence-corrected chi connectivity index (χ2v) is 4.64. The number of nitrogens with one attached hydrogen (secondary N) is 2. The summed E-state index contributed by atoms with van der Waals surface area (Å²) in [7, 11) is 0. The molecule has 0 aromatic carbocycles. The molecule has 0 spiro atoms. The maximum Gasteiger partial charge on any atom is 0.408 e. The molecule has 0 aliphatic heterocycles. The molecule has 0 aromatic heterocycles. The summed E-state index contributed by atoms with van der Waals surface area (Å²) in [5.41, 5.74) is -0.569. The molecule has 0 bridgehead atoms. The van der Waals surface area contributed by atoms with Gasteiger partial charge >= 0.3 is 6.09 Å². The SMILES string of the molecule is C=CCNC(=O)[C@H](CC)NC(=O)OC(C)(C)C.